The summed E-state index contributed by atoms with van der Waals surface area (Å²) in [6.45, 7) is 4.24. The minimum absolute atomic E-state index is 0.0187. The normalized spacial score (nSPS) is 13.5. The highest BCUT2D eigenvalue weighted by molar-refractivity contribution is 5.76. The van der Waals surface area contributed by atoms with E-state index >= 15 is 0 Å². The van der Waals surface area contributed by atoms with Crippen LogP contribution in [0.15, 0.2) is 12.2 Å². The van der Waals surface area contributed by atoms with Crippen LogP contribution in [0, 0.1) is 0 Å². The van der Waals surface area contributed by atoms with Crippen LogP contribution in [0.1, 0.15) is 271 Å². The number of nitrogens with one attached hydrogen (secondary N) is 1. The first kappa shape index (κ1) is 53.1. The quantitative estimate of drug-likeness (QED) is 0.0367. The highest BCUT2D eigenvalue weighted by Gasteiger charge is 2.20. The molecule has 322 valence electrons. The summed E-state index contributed by atoms with van der Waals surface area (Å²) in [7, 11) is 0. The van der Waals surface area contributed by atoms with Gasteiger partial charge in [-0.2, -0.15) is 0 Å². The van der Waals surface area contributed by atoms with Gasteiger partial charge in [-0.05, 0) is 19.3 Å². The van der Waals surface area contributed by atoms with Crippen molar-refractivity contribution in [1.82, 2.24) is 5.32 Å². The fourth-order valence-corrected chi connectivity index (χ4v) is 7.81. The molecule has 0 heterocycles. The van der Waals surface area contributed by atoms with E-state index in [1.807, 2.05) is 6.08 Å². The van der Waals surface area contributed by atoms with E-state index in [4.69, 9.17) is 0 Å². The molecule has 1 amide bonds. The number of allylic oxidation sites excluding steroid dienone is 1. The molecule has 54 heavy (non-hydrogen) atoms. The first-order chi connectivity index (χ1) is 26.5. The zero-order chi connectivity index (χ0) is 39.4. The van der Waals surface area contributed by atoms with E-state index in [0.29, 0.717) is 6.42 Å². The summed E-state index contributed by atoms with van der Waals surface area (Å²) in [5.74, 6) is -0.311. The monoisotopic (exact) mass is 764 g/mol. The lowest BCUT2D eigenvalue weighted by Crippen LogP contribution is -2.45. The number of aliphatic hydroxyl groups is 3. The van der Waals surface area contributed by atoms with Crippen molar-refractivity contribution in [2.45, 2.75) is 289 Å². The lowest BCUT2D eigenvalue weighted by molar-refractivity contribution is -0.124. The Morgan fingerprint density at radius 2 is 0.759 bits per heavy atom. The largest absolute Gasteiger partial charge is 0.394 e. The Morgan fingerprint density at radius 3 is 1.07 bits per heavy atom. The molecule has 0 saturated carbocycles. The molecule has 3 atom stereocenters. The number of rotatable bonds is 45. The lowest BCUT2D eigenvalue weighted by Gasteiger charge is -2.21. The third-order valence-corrected chi connectivity index (χ3v) is 11.6. The number of hydrogen-bond acceptors (Lipinski definition) is 4. The van der Waals surface area contributed by atoms with Crippen molar-refractivity contribution in [2.24, 2.45) is 0 Å². The lowest BCUT2D eigenvalue weighted by atomic mass is 10.0. The predicted molar refractivity (Wildman–Crippen MR) is 236 cm³/mol. The third kappa shape index (κ3) is 40.7. The molecule has 0 saturated heterocycles. The Kier molecular flexibility index (Phi) is 44.0. The Balaban J connectivity index is 3.57. The van der Waals surface area contributed by atoms with Gasteiger partial charge >= 0.3 is 0 Å². The summed E-state index contributed by atoms with van der Waals surface area (Å²) in [5.41, 5.74) is 0. The maximum absolute atomic E-state index is 12.4. The molecular formula is C49H97NO4. The Labute approximate surface area is 338 Å². The van der Waals surface area contributed by atoms with Crippen molar-refractivity contribution in [3.8, 4) is 0 Å². The summed E-state index contributed by atoms with van der Waals surface area (Å²) < 4.78 is 0. The van der Waals surface area contributed by atoms with Crippen molar-refractivity contribution in [3.63, 3.8) is 0 Å². The highest BCUT2D eigenvalue weighted by atomic mass is 16.3. The van der Waals surface area contributed by atoms with Crippen molar-refractivity contribution >= 4 is 5.91 Å². The second-order valence-corrected chi connectivity index (χ2v) is 17.1. The molecule has 4 N–H and O–H groups in total. The molecule has 0 rings (SSSR count). The van der Waals surface area contributed by atoms with E-state index in [1.54, 1.807) is 6.08 Å². The van der Waals surface area contributed by atoms with Gasteiger partial charge in [-0.1, -0.05) is 257 Å². The number of carbonyl (C=O) groups excluding carboxylic acids is 1. The van der Waals surface area contributed by atoms with Gasteiger partial charge in [-0.25, -0.2) is 0 Å². The van der Waals surface area contributed by atoms with Gasteiger partial charge in [0.25, 0.3) is 0 Å². The van der Waals surface area contributed by atoms with E-state index in [0.717, 1.165) is 25.7 Å². The Morgan fingerprint density at radius 1 is 0.463 bits per heavy atom. The zero-order valence-corrected chi connectivity index (χ0v) is 36.6. The molecule has 0 aliphatic rings. The molecule has 5 heteroatoms. The first-order valence-electron chi connectivity index (χ1n) is 24.5. The van der Waals surface area contributed by atoms with Crippen molar-refractivity contribution in [3.05, 3.63) is 12.2 Å². The van der Waals surface area contributed by atoms with Gasteiger partial charge in [0.2, 0.25) is 5.91 Å². The van der Waals surface area contributed by atoms with Crippen LogP contribution >= 0.6 is 0 Å². The summed E-state index contributed by atoms with van der Waals surface area (Å²) in [4.78, 5) is 12.4. The zero-order valence-electron chi connectivity index (χ0n) is 36.6. The molecule has 0 spiro atoms. The minimum Gasteiger partial charge on any atom is -0.394 e. The minimum atomic E-state index is -0.925. The maximum atomic E-state index is 12.4. The standard InChI is InChI=1S/C49H97NO4/c1-3-5-7-9-11-13-15-17-19-20-21-22-23-24-25-26-27-28-29-31-33-35-37-39-41-43-48(53)47(45-51)50-49(54)44-46(52)42-40-38-36-34-32-30-18-16-14-12-10-8-6-4-2/h41,43,46-48,51-53H,3-40,42,44-45H2,1-2H3,(H,50,54)/b43-41+. The molecular weight excluding hydrogens is 667 g/mol. The van der Waals surface area contributed by atoms with Crippen molar-refractivity contribution in [2.75, 3.05) is 6.61 Å². The second kappa shape index (κ2) is 44.8. The number of unbranched alkanes of at least 4 members (excludes halogenated alkanes) is 36. The number of aliphatic hydroxyl groups excluding tert-OH is 3. The molecule has 0 aliphatic heterocycles. The predicted octanol–water partition coefficient (Wildman–Crippen LogP) is 14.4. The first-order valence-corrected chi connectivity index (χ1v) is 24.5. The van der Waals surface area contributed by atoms with Gasteiger partial charge in [0, 0.05) is 0 Å². The van der Waals surface area contributed by atoms with Gasteiger partial charge in [0.1, 0.15) is 0 Å². The summed E-state index contributed by atoms with van der Waals surface area (Å²) in [6, 6.07) is -0.739. The molecule has 0 radical (unpaired) electrons. The summed E-state index contributed by atoms with van der Waals surface area (Å²) in [6.07, 6.45) is 53.7. The average molecular weight is 764 g/mol. The van der Waals surface area contributed by atoms with Crippen LogP contribution < -0.4 is 5.32 Å². The van der Waals surface area contributed by atoms with Crippen molar-refractivity contribution < 1.29 is 20.1 Å². The molecule has 0 aromatic rings. The Hall–Kier alpha value is -0.910. The topological polar surface area (TPSA) is 89.8 Å². The van der Waals surface area contributed by atoms with Gasteiger partial charge in [0.15, 0.2) is 0 Å². The Bertz CT molecular complexity index is 758. The molecule has 0 fully saturated rings. The van der Waals surface area contributed by atoms with Crippen LogP contribution in [-0.4, -0.2) is 46.1 Å². The fourth-order valence-electron chi connectivity index (χ4n) is 7.81. The summed E-state index contributed by atoms with van der Waals surface area (Å²) >= 11 is 0. The van der Waals surface area contributed by atoms with E-state index < -0.39 is 18.2 Å². The van der Waals surface area contributed by atoms with Crippen LogP contribution in [0.2, 0.25) is 0 Å². The molecule has 5 nitrogen and oxygen atoms in total. The smallest absolute Gasteiger partial charge is 0.222 e. The van der Waals surface area contributed by atoms with Gasteiger partial charge in [-0.15, -0.1) is 0 Å². The average Bonchev–Trinajstić information content (AvgIpc) is 3.16. The van der Waals surface area contributed by atoms with Crippen LogP contribution in [0.3, 0.4) is 0 Å². The van der Waals surface area contributed by atoms with Crippen molar-refractivity contribution in [1.29, 1.82) is 0 Å². The molecule has 0 aromatic heterocycles. The molecule has 3 unspecified atom stereocenters. The maximum Gasteiger partial charge on any atom is 0.222 e. The highest BCUT2D eigenvalue weighted by Crippen LogP contribution is 2.17. The van der Waals surface area contributed by atoms with Crippen LogP contribution in [0.4, 0.5) is 0 Å². The number of hydrogen-bond donors (Lipinski definition) is 4. The summed E-state index contributed by atoms with van der Waals surface area (Å²) in [5, 5.41) is 33.3. The van der Waals surface area contributed by atoms with Gasteiger partial charge in [-0.3, -0.25) is 4.79 Å². The van der Waals surface area contributed by atoms with E-state index in [9.17, 15) is 20.1 Å². The van der Waals surface area contributed by atoms with Crippen LogP contribution in [0.5, 0.6) is 0 Å². The molecule has 0 bridgehead atoms. The number of carbonyl (C=O) groups is 1. The molecule has 0 aliphatic carbocycles. The molecule has 0 aromatic carbocycles. The third-order valence-electron chi connectivity index (χ3n) is 11.6. The van der Waals surface area contributed by atoms with Crippen LogP contribution in [0.25, 0.3) is 0 Å². The van der Waals surface area contributed by atoms with E-state index in [1.165, 1.54) is 218 Å². The number of amides is 1. The van der Waals surface area contributed by atoms with Gasteiger partial charge in [0.05, 0.1) is 31.3 Å². The fraction of sp³-hybridized carbons (Fsp3) is 0.939. The second-order valence-electron chi connectivity index (χ2n) is 17.1. The van der Waals surface area contributed by atoms with E-state index in [-0.39, 0.29) is 18.9 Å². The van der Waals surface area contributed by atoms with Gasteiger partial charge < -0.3 is 20.6 Å². The van der Waals surface area contributed by atoms with Crippen LogP contribution in [-0.2, 0) is 4.79 Å². The van der Waals surface area contributed by atoms with E-state index in [2.05, 4.69) is 19.2 Å². The SMILES string of the molecule is CCCCCCCCCCCCCCCCCCCCCCCCC/C=C/C(O)C(CO)NC(=O)CC(O)CCCCCCCCCCCCCCCC.